The third-order valence-corrected chi connectivity index (χ3v) is 6.22. The average Bonchev–Trinajstić information content (AvgIpc) is 3.13. The number of nitrogens with zero attached hydrogens (tertiary/aromatic N) is 1. The molecule has 1 aliphatic heterocycles. The maximum Gasteiger partial charge on any atom is 0.338 e. The zero-order valence-corrected chi connectivity index (χ0v) is 21.8. The Hall–Kier alpha value is -4.14. The second kappa shape index (κ2) is 11.9. The van der Waals surface area contributed by atoms with Crippen LogP contribution in [0.1, 0.15) is 40.5 Å². The van der Waals surface area contributed by atoms with Crippen LogP contribution in [0, 0.1) is 0 Å². The van der Waals surface area contributed by atoms with Crippen LogP contribution in [0.25, 0.3) is 0 Å². The van der Waals surface area contributed by atoms with Crippen LogP contribution >= 0.6 is 23.2 Å². The van der Waals surface area contributed by atoms with Gasteiger partial charge in [-0.2, -0.15) is 0 Å². The summed E-state index contributed by atoms with van der Waals surface area (Å²) in [5.74, 6) is -2.14. The van der Waals surface area contributed by atoms with E-state index in [0.29, 0.717) is 39.8 Å². The van der Waals surface area contributed by atoms with Crippen molar-refractivity contribution in [3.63, 3.8) is 0 Å². The number of hydrogen-bond acceptors (Lipinski definition) is 6. The summed E-state index contributed by atoms with van der Waals surface area (Å²) in [4.78, 5) is 51.5. The monoisotopic (exact) mass is 551 g/mol. The van der Waals surface area contributed by atoms with E-state index in [2.05, 4.69) is 10.6 Å². The van der Waals surface area contributed by atoms with Crippen LogP contribution in [0.4, 0.5) is 17.1 Å². The van der Waals surface area contributed by atoms with E-state index < -0.39 is 23.7 Å². The molecular formula is C28H23Cl2N3O5. The number of rotatable bonds is 9. The van der Waals surface area contributed by atoms with Gasteiger partial charge < -0.3 is 15.4 Å². The van der Waals surface area contributed by atoms with Crippen molar-refractivity contribution in [1.82, 2.24) is 0 Å². The minimum Gasteiger partial charge on any atom is -0.462 e. The second-order valence-electron chi connectivity index (χ2n) is 8.34. The highest BCUT2D eigenvalue weighted by Crippen LogP contribution is 2.31. The van der Waals surface area contributed by atoms with Gasteiger partial charge in [-0.05, 0) is 73.2 Å². The highest BCUT2D eigenvalue weighted by molar-refractivity contribution is 6.53. The second-order valence-corrected chi connectivity index (χ2v) is 9.15. The smallest absolute Gasteiger partial charge is 0.338 e. The summed E-state index contributed by atoms with van der Waals surface area (Å²) < 4.78 is 5.18. The third-order valence-electron chi connectivity index (χ3n) is 5.62. The van der Waals surface area contributed by atoms with Gasteiger partial charge in [0, 0.05) is 22.0 Å². The van der Waals surface area contributed by atoms with Crippen LogP contribution in [-0.2, 0) is 14.3 Å². The molecule has 3 amide bonds. The van der Waals surface area contributed by atoms with Gasteiger partial charge in [0.05, 0.1) is 17.9 Å². The topological polar surface area (TPSA) is 105 Å². The molecule has 0 bridgehead atoms. The van der Waals surface area contributed by atoms with Gasteiger partial charge in [-0.1, -0.05) is 42.6 Å². The number of ether oxygens (including phenoxy) is 1. The van der Waals surface area contributed by atoms with Crippen molar-refractivity contribution in [3.05, 3.63) is 99.7 Å². The quantitative estimate of drug-likeness (QED) is 0.192. The molecule has 0 fully saturated rings. The summed E-state index contributed by atoms with van der Waals surface area (Å²) in [6, 6.07) is 18.9. The van der Waals surface area contributed by atoms with E-state index in [1.165, 1.54) is 18.2 Å². The molecule has 10 heteroatoms. The number of unbranched alkanes of at least 4 members (excludes halogenated alkanes) is 1. The molecule has 3 aromatic rings. The summed E-state index contributed by atoms with van der Waals surface area (Å²) in [7, 11) is 0. The van der Waals surface area contributed by atoms with E-state index in [-0.39, 0.29) is 10.7 Å². The number of carbonyl (C=O) groups excluding carboxylic acids is 4. The Morgan fingerprint density at radius 1 is 0.868 bits per heavy atom. The van der Waals surface area contributed by atoms with Crippen molar-refractivity contribution in [2.75, 3.05) is 22.1 Å². The average molecular weight is 552 g/mol. The predicted octanol–water partition coefficient (Wildman–Crippen LogP) is 5.98. The summed E-state index contributed by atoms with van der Waals surface area (Å²) in [5.41, 5.74) is 1.77. The van der Waals surface area contributed by atoms with Crippen molar-refractivity contribution >= 4 is 64.0 Å². The molecule has 194 valence electrons. The molecule has 0 aliphatic carbocycles. The van der Waals surface area contributed by atoms with E-state index in [1.54, 1.807) is 54.6 Å². The van der Waals surface area contributed by atoms with Crippen LogP contribution in [0.3, 0.4) is 0 Å². The van der Waals surface area contributed by atoms with Crippen molar-refractivity contribution in [1.29, 1.82) is 0 Å². The number of carbonyl (C=O) groups is 4. The number of esters is 1. The summed E-state index contributed by atoms with van der Waals surface area (Å²) in [6.07, 6.45) is 1.72. The molecule has 0 radical (unpaired) electrons. The third kappa shape index (κ3) is 6.04. The number of benzene rings is 3. The van der Waals surface area contributed by atoms with E-state index in [1.807, 2.05) is 6.92 Å². The first-order valence-electron chi connectivity index (χ1n) is 11.8. The number of imide groups is 1. The molecule has 1 aliphatic rings. The van der Waals surface area contributed by atoms with Gasteiger partial charge in [-0.25, -0.2) is 9.69 Å². The predicted molar refractivity (Wildman–Crippen MR) is 146 cm³/mol. The van der Waals surface area contributed by atoms with E-state index >= 15 is 0 Å². The molecule has 0 atom stereocenters. The van der Waals surface area contributed by atoms with Crippen LogP contribution in [0.5, 0.6) is 0 Å². The summed E-state index contributed by atoms with van der Waals surface area (Å²) >= 11 is 12.1. The molecule has 0 unspecified atom stereocenters. The molecule has 0 saturated carbocycles. The minimum atomic E-state index is -0.673. The van der Waals surface area contributed by atoms with Gasteiger partial charge in [-0.15, -0.1) is 0 Å². The Balaban J connectivity index is 1.43. The normalized spacial score (nSPS) is 13.1. The zero-order chi connectivity index (χ0) is 27.2. The number of hydrogen-bond donors (Lipinski definition) is 2. The lowest BCUT2D eigenvalue weighted by molar-refractivity contribution is -0.120. The summed E-state index contributed by atoms with van der Waals surface area (Å²) in [6.45, 7) is 2.37. The van der Waals surface area contributed by atoms with E-state index in [4.69, 9.17) is 27.9 Å². The molecule has 8 nitrogen and oxygen atoms in total. The maximum absolute atomic E-state index is 13.0. The van der Waals surface area contributed by atoms with Crippen LogP contribution in [0.2, 0.25) is 5.02 Å². The lowest BCUT2D eigenvalue weighted by Gasteiger charge is -2.15. The summed E-state index contributed by atoms with van der Waals surface area (Å²) in [5, 5.41) is 5.81. The zero-order valence-electron chi connectivity index (χ0n) is 20.3. The molecule has 0 spiro atoms. The molecule has 4 rings (SSSR count). The number of halogens is 2. The van der Waals surface area contributed by atoms with Gasteiger partial charge in [0.15, 0.2) is 0 Å². The standard InChI is InChI=1S/C28H23Cl2N3O5/c1-2-3-15-38-28(37)17-7-11-20(12-8-17)32-25(34)18-5-4-6-21(16-18)31-24-23(30)26(35)33(27(24)36)22-13-9-19(29)10-14-22/h4-14,16,31H,2-3,15H2,1H3,(H,32,34). The SMILES string of the molecule is CCCCOC(=O)c1ccc(NC(=O)c2cccc(NC3=C(Cl)C(=O)N(c4ccc(Cl)cc4)C3=O)c2)cc1. The van der Waals surface area contributed by atoms with Gasteiger partial charge in [-0.3, -0.25) is 14.4 Å². The largest absolute Gasteiger partial charge is 0.462 e. The van der Waals surface area contributed by atoms with E-state index in [9.17, 15) is 19.2 Å². The fourth-order valence-electron chi connectivity index (χ4n) is 3.60. The highest BCUT2D eigenvalue weighted by Gasteiger charge is 2.39. The highest BCUT2D eigenvalue weighted by atomic mass is 35.5. The van der Waals surface area contributed by atoms with Crippen molar-refractivity contribution < 1.29 is 23.9 Å². The Morgan fingerprint density at radius 2 is 1.58 bits per heavy atom. The van der Waals surface area contributed by atoms with Crippen molar-refractivity contribution in [3.8, 4) is 0 Å². The first kappa shape index (κ1) is 26.9. The Morgan fingerprint density at radius 3 is 2.26 bits per heavy atom. The fraction of sp³-hybridized carbons (Fsp3) is 0.143. The lowest BCUT2D eigenvalue weighted by Crippen LogP contribution is -2.32. The molecule has 1 heterocycles. The Kier molecular flexibility index (Phi) is 8.45. The molecular weight excluding hydrogens is 529 g/mol. The molecule has 0 aromatic heterocycles. The first-order chi connectivity index (χ1) is 18.3. The number of nitrogens with one attached hydrogen (secondary N) is 2. The van der Waals surface area contributed by atoms with Crippen LogP contribution in [-0.4, -0.2) is 30.3 Å². The Bertz CT molecular complexity index is 1420. The molecule has 3 aromatic carbocycles. The molecule has 0 saturated heterocycles. The van der Waals surface area contributed by atoms with Crippen LogP contribution < -0.4 is 15.5 Å². The first-order valence-corrected chi connectivity index (χ1v) is 12.5. The minimum absolute atomic E-state index is 0.106. The van der Waals surface area contributed by atoms with Gasteiger partial charge in [0.2, 0.25) is 0 Å². The fourth-order valence-corrected chi connectivity index (χ4v) is 3.94. The maximum atomic E-state index is 13.0. The number of amides is 3. The number of anilines is 3. The lowest BCUT2D eigenvalue weighted by atomic mass is 10.1. The van der Waals surface area contributed by atoms with Crippen molar-refractivity contribution in [2.24, 2.45) is 0 Å². The van der Waals surface area contributed by atoms with Gasteiger partial charge >= 0.3 is 5.97 Å². The van der Waals surface area contributed by atoms with Gasteiger partial charge in [0.25, 0.3) is 17.7 Å². The Labute approximate surface area is 229 Å². The van der Waals surface area contributed by atoms with E-state index in [0.717, 1.165) is 17.7 Å². The van der Waals surface area contributed by atoms with Gasteiger partial charge in [0.1, 0.15) is 10.7 Å². The van der Waals surface area contributed by atoms with Crippen molar-refractivity contribution in [2.45, 2.75) is 19.8 Å². The van der Waals surface area contributed by atoms with Crippen LogP contribution in [0.15, 0.2) is 83.5 Å². The molecule has 38 heavy (non-hydrogen) atoms. The molecule has 2 N–H and O–H groups in total.